The molecule has 0 spiro atoms. The summed E-state index contributed by atoms with van der Waals surface area (Å²) in [6.07, 6.45) is 4.29. The quantitative estimate of drug-likeness (QED) is 0.736. The van der Waals surface area contributed by atoms with Crippen LogP contribution in [0.2, 0.25) is 0 Å². The average Bonchev–Trinajstić information content (AvgIpc) is 3.44. The standard InChI is InChI=1S/C25H24N2O2/c28-24(22-13-12-19-11-10-18-4-3-5-21(22)23(18)19)26-16-17-6-8-20(9-7-17)25(29)27-14-1-2-15-27/h3-9,12-13H,1-2,10-11,14-16H2,(H,26,28). The van der Waals surface area contributed by atoms with E-state index in [0.29, 0.717) is 6.54 Å². The Kier molecular flexibility index (Phi) is 4.55. The molecule has 0 unspecified atom stereocenters. The molecule has 1 aliphatic heterocycles. The Morgan fingerprint density at radius 1 is 0.862 bits per heavy atom. The van der Waals surface area contributed by atoms with Crippen LogP contribution >= 0.6 is 0 Å². The van der Waals surface area contributed by atoms with E-state index in [1.54, 1.807) is 0 Å². The van der Waals surface area contributed by atoms with Gasteiger partial charge in [-0.05, 0) is 71.3 Å². The number of hydrogen-bond acceptors (Lipinski definition) is 2. The summed E-state index contributed by atoms with van der Waals surface area (Å²) < 4.78 is 0. The molecule has 1 fully saturated rings. The zero-order chi connectivity index (χ0) is 19.8. The SMILES string of the molecule is O=C(NCc1ccc(C(=O)N2CCCC2)cc1)c1ccc2c3c(cccc13)CC2. The summed E-state index contributed by atoms with van der Waals surface area (Å²) in [6.45, 7) is 2.15. The van der Waals surface area contributed by atoms with Gasteiger partial charge in [0.15, 0.2) is 0 Å². The second kappa shape index (κ2) is 7.36. The maximum Gasteiger partial charge on any atom is 0.253 e. The molecule has 29 heavy (non-hydrogen) atoms. The van der Waals surface area contributed by atoms with Crippen molar-refractivity contribution in [2.45, 2.75) is 32.2 Å². The van der Waals surface area contributed by atoms with E-state index < -0.39 is 0 Å². The lowest BCUT2D eigenvalue weighted by Gasteiger charge is -2.15. The molecule has 1 saturated heterocycles. The van der Waals surface area contributed by atoms with Crippen LogP contribution in [0.3, 0.4) is 0 Å². The third-order valence-electron chi connectivity index (χ3n) is 6.17. The van der Waals surface area contributed by atoms with Gasteiger partial charge < -0.3 is 10.2 Å². The Morgan fingerprint density at radius 2 is 1.59 bits per heavy atom. The van der Waals surface area contributed by atoms with Gasteiger partial charge >= 0.3 is 0 Å². The fourth-order valence-corrected chi connectivity index (χ4v) is 4.59. The molecule has 2 amide bonds. The predicted octanol–water partition coefficient (Wildman–Crippen LogP) is 4.10. The van der Waals surface area contributed by atoms with E-state index in [-0.39, 0.29) is 11.8 Å². The number of likely N-dealkylation sites (tertiary alicyclic amines) is 1. The predicted molar refractivity (Wildman–Crippen MR) is 114 cm³/mol. The second-order valence-corrected chi connectivity index (χ2v) is 7.99. The lowest BCUT2D eigenvalue weighted by atomic mass is 9.99. The highest BCUT2D eigenvalue weighted by Crippen LogP contribution is 2.32. The van der Waals surface area contributed by atoms with Gasteiger partial charge in [-0.1, -0.05) is 36.4 Å². The van der Waals surface area contributed by atoms with E-state index in [9.17, 15) is 9.59 Å². The lowest BCUT2D eigenvalue weighted by molar-refractivity contribution is 0.0792. The summed E-state index contributed by atoms with van der Waals surface area (Å²) in [6, 6.07) is 17.9. The Labute approximate surface area is 170 Å². The Morgan fingerprint density at radius 3 is 2.34 bits per heavy atom. The molecule has 0 atom stereocenters. The first kappa shape index (κ1) is 17.9. The number of aryl methyl sites for hydroxylation is 2. The fraction of sp³-hybridized carbons (Fsp3) is 0.280. The van der Waals surface area contributed by atoms with Crippen molar-refractivity contribution >= 4 is 22.6 Å². The van der Waals surface area contributed by atoms with Crippen LogP contribution < -0.4 is 5.32 Å². The van der Waals surface area contributed by atoms with Crippen molar-refractivity contribution in [2.24, 2.45) is 0 Å². The molecule has 0 saturated carbocycles. The van der Waals surface area contributed by atoms with Gasteiger partial charge in [-0.25, -0.2) is 0 Å². The van der Waals surface area contributed by atoms with Crippen molar-refractivity contribution < 1.29 is 9.59 Å². The van der Waals surface area contributed by atoms with E-state index in [0.717, 1.165) is 60.8 Å². The maximum absolute atomic E-state index is 12.9. The van der Waals surface area contributed by atoms with Crippen molar-refractivity contribution in [1.82, 2.24) is 10.2 Å². The minimum atomic E-state index is -0.0576. The highest BCUT2D eigenvalue weighted by molar-refractivity contribution is 6.09. The maximum atomic E-state index is 12.9. The molecule has 5 rings (SSSR count). The topological polar surface area (TPSA) is 49.4 Å². The van der Waals surface area contributed by atoms with Crippen molar-refractivity contribution in [3.05, 3.63) is 82.4 Å². The van der Waals surface area contributed by atoms with Gasteiger partial charge in [-0.2, -0.15) is 0 Å². The average molecular weight is 384 g/mol. The van der Waals surface area contributed by atoms with Crippen LogP contribution in [0, 0.1) is 0 Å². The summed E-state index contributed by atoms with van der Waals surface area (Å²) in [5, 5.41) is 5.33. The van der Waals surface area contributed by atoms with Gasteiger partial charge in [0.05, 0.1) is 0 Å². The number of hydrogen-bond donors (Lipinski definition) is 1. The lowest BCUT2D eigenvalue weighted by Crippen LogP contribution is -2.27. The Balaban J connectivity index is 1.29. The molecule has 0 bridgehead atoms. The van der Waals surface area contributed by atoms with Crippen LogP contribution in [0.25, 0.3) is 10.8 Å². The van der Waals surface area contributed by atoms with Crippen molar-refractivity contribution in [3.8, 4) is 0 Å². The number of rotatable bonds is 4. The van der Waals surface area contributed by atoms with Gasteiger partial charge in [0, 0.05) is 30.8 Å². The third-order valence-corrected chi connectivity index (χ3v) is 6.17. The molecule has 0 radical (unpaired) electrons. The molecule has 3 aromatic carbocycles. The molecule has 4 nitrogen and oxygen atoms in total. The minimum absolute atomic E-state index is 0.0576. The molecule has 2 aliphatic rings. The number of amides is 2. The largest absolute Gasteiger partial charge is 0.348 e. The van der Waals surface area contributed by atoms with E-state index in [1.165, 1.54) is 16.5 Å². The Hall–Kier alpha value is -3.14. The van der Waals surface area contributed by atoms with Crippen molar-refractivity contribution in [3.63, 3.8) is 0 Å². The van der Waals surface area contributed by atoms with Crippen LogP contribution in [0.15, 0.2) is 54.6 Å². The van der Waals surface area contributed by atoms with E-state index in [1.807, 2.05) is 47.4 Å². The second-order valence-electron chi connectivity index (χ2n) is 7.99. The van der Waals surface area contributed by atoms with Crippen molar-refractivity contribution in [1.29, 1.82) is 0 Å². The van der Waals surface area contributed by atoms with Gasteiger partial charge in [-0.15, -0.1) is 0 Å². The Bertz CT molecular complexity index is 1090. The van der Waals surface area contributed by atoms with E-state index in [2.05, 4.69) is 17.4 Å². The summed E-state index contributed by atoms with van der Waals surface area (Å²) in [4.78, 5) is 27.2. The molecule has 146 valence electrons. The summed E-state index contributed by atoms with van der Waals surface area (Å²) in [5.74, 6) is 0.0452. The van der Waals surface area contributed by atoms with Crippen LogP contribution in [0.4, 0.5) is 0 Å². The van der Waals surface area contributed by atoms with E-state index >= 15 is 0 Å². The number of carbonyl (C=O) groups excluding carboxylic acids is 2. The molecule has 1 N–H and O–H groups in total. The van der Waals surface area contributed by atoms with Crippen molar-refractivity contribution in [2.75, 3.05) is 13.1 Å². The monoisotopic (exact) mass is 384 g/mol. The van der Waals surface area contributed by atoms with Crippen LogP contribution in [0.5, 0.6) is 0 Å². The molecule has 4 heteroatoms. The summed E-state index contributed by atoms with van der Waals surface area (Å²) in [5.41, 5.74) is 5.11. The fourth-order valence-electron chi connectivity index (χ4n) is 4.59. The molecule has 3 aromatic rings. The minimum Gasteiger partial charge on any atom is -0.348 e. The number of nitrogens with zero attached hydrogens (tertiary/aromatic N) is 1. The number of carbonyl (C=O) groups is 2. The smallest absolute Gasteiger partial charge is 0.253 e. The molecule has 1 heterocycles. The first-order chi connectivity index (χ1) is 14.2. The molecular weight excluding hydrogens is 360 g/mol. The first-order valence-corrected chi connectivity index (χ1v) is 10.4. The number of benzene rings is 3. The van der Waals surface area contributed by atoms with Gasteiger partial charge in [0.25, 0.3) is 11.8 Å². The molecular formula is C25H24N2O2. The molecule has 0 aromatic heterocycles. The first-order valence-electron chi connectivity index (χ1n) is 10.4. The van der Waals surface area contributed by atoms with Crippen LogP contribution in [-0.4, -0.2) is 29.8 Å². The van der Waals surface area contributed by atoms with Gasteiger partial charge in [-0.3, -0.25) is 9.59 Å². The third kappa shape index (κ3) is 3.29. The normalized spacial score (nSPS) is 15.1. The van der Waals surface area contributed by atoms with Gasteiger partial charge in [0.2, 0.25) is 0 Å². The number of nitrogens with one attached hydrogen (secondary N) is 1. The summed E-state index contributed by atoms with van der Waals surface area (Å²) >= 11 is 0. The highest BCUT2D eigenvalue weighted by Gasteiger charge is 2.20. The zero-order valence-electron chi connectivity index (χ0n) is 16.4. The summed E-state index contributed by atoms with van der Waals surface area (Å²) in [7, 11) is 0. The molecule has 1 aliphatic carbocycles. The highest BCUT2D eigenvalue weighted by atomic mass is 16.2. The van der Waals surface area contributed by atoms with Gasteiger partial charge in [0.1, 0.15) is 0 Å². The zero-order valence-corrected chi connectivity index (χ0v) is 16.4. The van der Waals surface area contributed by atoms with Crippen LogP contribution in [-0.2, 0) is 19.4 Å². The van der Waals surface area contributed by atoms with Crippen LogP contribution in [0.1, 0.15) is 50.2 Å². The van der Waals surface area contributed by atoms with E-state index in [4.69, 9.17) is 0 Å².